The van der Waals surface area contributed by atoms with Crippen molar-refractivity contribution in [3.63, 3.8) is 0 Å². The van der Waals surface area contributed by atoms with E-state index in [1.165, 1.54) is 0 Å². The molecule has 0 bridgehead atoms. The summed E-state index contributed by atoms with van der Waals surface area (Å²) in [6.45, 7) is 5.45. The van der Waals surface area contributed by atoms with Gasteiger partial charge in [-0.05, 0) is 26.0 Å². The first kappa shape index (κ1) is 16.2. The SMILES string of the molecule is CCOc1cccc(NCCNCC(C)O)c1[N+](=O)[O-]. The summed E-state index contributed by atoms with van der Waals surface area (Å²) in [4.78, 5) is 10.7. The molecule has 0 aliphatic rings. The van der Waals surface area contributed by atoms with Gasteiger partial charge in [0.1, 0.15) is 5.69 Å². The minimum atomic E-state index is -0.448. The number of hydrogen-bond acceptors (Lipinski definition) is 6. The van der Waals surface area contributed by atoms with Crippen molar-refractivity contribution in [2.45, 2.75) is 20.0 Å². The predicted octanol–water partition coefficient (Wildman–Crippen LogP) is 1.38. The number of aliphatic hydroxyl groups is 1. The fourth-order valence-corrected chi connectivity index (χ4v) is 1.72. The smallest absolute Gasteiger partial charge is 0.333 e. The summed E-state index contributed by atoms with van der Waals surface area (Å²) in [5.74, 6) is 0.263. The molecular formula is C13H21N3O4. The summed E-state index contributed by atoms with van der Waals surface area (Å²) in [7, 11) is 0. The van der Waals surface area contributed by atoms with Crippen molar-refractivity contribution in [2.75, 3.05) is 31.6 Å². The topological polar surface area (TPSA) is 96.7 Å². The van der Waals surface area contributed by atoms with Crippen LogP contribution < -0.4 is 15.4 Å². The minimum Gasteiger partial charge on any atom is -0.487 e. The maximum Gasteiger partial charge on any atom is 0.333 e. The summed E-state index contributed by atoms with van der Waals surface area (Å²) >= 11 is 0. The number of rotatable bonds is 9. The fraction of sp³-hybridized carbons (Fsp3) is 0.538. The van der Waals surface area contributed by atoms with Gasteiger partial charge < -0.3 is 20.5 Å². The van der Waals surface area contributed by atoms with E-state index in [1.807, 2.05) is 0 Å². The van der Waals surface area contributed by atoms with Gasteiger partial charge in [0.25, 0.3) is 0 Å². The Morgan fingerprint density at radius 3 is 2.80 bits per heavy atom. The first-order valence-corrected chi connectivity index (χ1v) is 6.59. The maximum absolute atomic E-state index is 11.1. The molecule has 0 radical (unpaired) electrons. The van der Waals surface area contributed by atoms with Crippen LogP contribution in [0.15, 0.2) is 18.2 Å². The van der Waals surface area contributed by atoms with Crippen LogP contribution in [0.1, 0.15) is 13.8 Å². The van der Waals surface area contributed by atoms with E-state index < -0.39 is 11.0 Å². The summed E-state index contributed by atoms with van der Waals surface area (Å²) in [5.41, 5.74) is 0.379. The lowest BCUT2D eigenvalue weighted by Crippen LogP contribution is -2.29. The van der Waals surface area contributed by atoms with Crippen LogP contribution in [0.3, 0.4) is 0 Å². The molecule has 112 valence electrons. The lowest BCUT2D eigenvalue weighted by Gasteiger charge is -2.11. The highest BCUT2D eigenvalue weighted by Gasteiger charge is 2.20. The van der Waals surface area contributed by atoms with Crippen LogP contribution in [0.25, 0.3) is 0 Å². The average Bonchev–Trinajstić information content (AvgIpc) is 2.38. The number of hydrogen-bond donors (Lipinski definition) is 3. The Balaban J connectivity index is 2.64. The molecule has 1 rings (SSSR count). The molecule has 0 aliphatic carbocycles. The molecule has 1 aromatic rings. The normalized spacial score (nSPS) is 11.9. The van der Waals surface area contributed by atoms with Gasteiger partial charge in [-0.2, -0.15) is 0 Å². The second-order valence-corrected chi connectivity index (χ2v) is 4.32. The highest BCUT2D eigenvalue weighted by atomic mass is 16.6. The molecule has 0 spiro atoms. The van der Waals surface area contributed by atoms with Crippen molar-refractivity contribution >= 4 is 11.4 Å². The average molecular weight is 283 g/mol. The van der Waals surface area contributed by atoms with Crippen molar-refractivity contribution in [1.29, 1.82) is 0 Å². The van der Waals surface area contributed by atoms with Crippen molar-refractivity contribution in [1.82, 2.24) is 5.32 Å². The molecule has 0 saturated carbocycles. The molecule has 0 heterocycles. The lowest BCUT2D eigenvalue weighted by atomic mass is 10.2. The molecular weight excluding hydrogens is 262 g/mol. The molecule has 1 aromatic carbocycles. The van der Waals surface area contributed by atoms with Crippen LogP contribution in [0.4, 0.5) is 11.4 Å². The highest BCUT2D eigenvalue weighted by molar-refractivity contribution is 5.68. The molecule has 3 N–H and O–H groups in total. The second-order valence-electron chi connectivity index (χ2n) is 4.32. The van der Waals surface area contributed by atoms with Gasteiger partial charge in [-0.15, -0.1) is 0 Å². The van der Waals surface area contributed by atoms with E-state index in [0.717, 1.165) is 0 Å². The van der Waals surface area contributed by atoms with Gasteiger partial charge >= 0.3 is 5.69 Å². The standard InChI is InChI=1S/C13H21N3O4/c1-3-20-12-6-4-5-11(13(12)16(18)19)15-8-7-14-9-10(2)17/h4-6,10,14-15,17H,3,7-9H2,1-2H3. The zero-order valence-electron chi connectivity index (χ0n) is 11.8. The number of aliphatic hydroxyl groups excluding tert-OH is 1. The maximum atomic E-state index is 11.1. The van der Waals surface area contributed by atoms with E-state index >= 15 is 0 Å². The Bertz CT molecular complexity index is 438. The summed E-state index contributed by atoms with van der Waals surface area (Å²) in [6, 6.07) is 4.94. The first-order chi connectivity index (χ1) is 9.56. The number of nitro benzene ring substituents is 1. The van der Waals surface area contributed by atoms with E-state index in [4.69, 9.17) is 9.84 Å². The molecule has 0 aliphatic heterocycles. The van der Waals surface area contributed by atoms with Crippen LogP contribution >= 0.6 is 0 Å². The monoisotopic (exact) mass is 283 g/mol. The van der Waals surface area contributed by atoms with E-state index in [0.29, 0.717) is 31.9 Å². The molecule has 1 unspecified atom stereocenters. The number of anilines is 1. The number of nitro groups is 1. The fourth-order valence-electron chi connectivity index (χ4n) is 1.72. The molecule has 7 heteroatoms. The van der Waals surface area contributed by atoms with Gasteiger partial charge in [-0.3, -0.25) is 10.1 Å². The van der Waals surface area contributed by atoms with Gasteiger partial charge in [0, 0.05) is 19.6 Å². The van der Waals surface area contributed by atoms with Gasteiger partial charge in [0.05, 0.1) is 17.6 Å². The van der Waals surface area contributed by atoms with Crippen molar-refractivity contribution in [2.24, 2.45) is 0 Å². The van der Waals surface area contributed by atoms with Gasteiger partial charge in [0.15, 0.2) is 5.75 Å². The number of nitrogens with zero attached hydrogens (tertiary/aromatic N) is 1. The second kappa shape index (κ2) is 8.34. The first-order valence-electron chi connectivity index (χ1n) is 6.59. The van der Waals surface area contributed by atoms with Crippen molar-refractivity contribution < 1.29 is 14.8 Å². The van der Waals surface area contributed by atoms with Crippen LogP contribution in [0.5, 0.6) is 5.75 Å². The van der Waals surface area contributed by atoms with Crippen molar-refractivity contribution in [3.8, 4) is 5.75 Å². The van der Waals surface area contributed by atoms with E-state index in [2.05, 4.69) is 10.6 Å². The Hall–Kier alpha value is -1.86. The largest absolute Gasteiger partial charge is 0.487 e. The number of benzene rings is 1. The number of nitrogens with one attached hydrogen (secondary N) is 2. The van der Waals surface area contributed by atoms with Crippen LogP contribution in [0.2, 0.25) is 0 Å². The molecule has 7 nitrogen and oxygen atoms in total. The zero-order valence-corrected chi connectivity index (χ0v) is 11.8. The molecule has 0 aromatic heterocycles. The third kappa shape index (κ3) is 5.02. The third-order valence-corrected chi connectivity index (χ3v) is 2.54. The highest BCUT2D eigenvalue weighted by Crippen LogP contribution is 2.34. The molecule has 0 amide bonds. The Labute approximate surface area is 118 Å². The third-order valence-electron chi connectivity index (χ3n) is 2.54. The van der Waals surface area contributed by atoms with Crippen molar-refractivity contribution in [3.05, 3.63) is 28.3 Å². The van der Waals surface area contributed by atoms with Crippen LogP contribution in [0, 0.1) is 10.1 Å². The van der Waals surface area contributed by atoms with Gasteiger partial charge in [0.2, 0.25) is 0 Å². The number of ether oxygens (including phenoxy) is 1. The van der Waals surface area contributed by atoms with Gasteiger partial charge in [-0.1, -0.05) is 6.07 Å². The summed E-state index contributed by atoms with van der Waals surface area (Å²) in [6.07, 6.45) is -0.411. The lowest BCUT2D eigenvalue weighted by molar-refractivity contribution is -0.384. The van der Waals surface area contributed by atoms with Crippen LogP contribution in [-0.4, -0.2) is 42.4 Å². The van der Waals surface area contributed by atoms with Crippen LogP contribution in [-0.2, 0) is 0 Å². The van der Waals surface area contributed by atoms with E-state index in [1.54, 1.807) is 32.0 Å². The van der Waals surface area contributed by atoms with Gasteiger partial charge in [-0.25, -0.2) is 0 Å². The zero-order chi connectivity index (χ0) is 15.0. The molecule has 1 atom stereocenters. The summed E-state index contributed by atoms with van der Waals surface area (Å²) in [5, 5.41) is 26.3. The Morgan fingerprint density at radius 1 is 1.45 bits per heavy atom. The molecule has 20 heavy (non-hydrogen) atoms. The quantitative estimate of drug-likeness (QED) is 0.360. The molecule has 0 saturated heterocycles. The Morgan fingerprint density at radius 2 is 2.20 bits per heavy atom. The van der Waals surface area contributed by atoms with E-state index in [9.17, 15) is 10.1 Å². The predicted molar refractivity (Wildman–Crippen MR) is 77.3 cm³/mol. The molecule has 0 fully saturated rings. The minimum absolute atomic E-state index is 0.0510. The summed E-state index contributed by atoms with van der Waals surface area (Å²) < 4.78 is 5.27. The number of para-hydroxylation sites is 1. The van der Waals surface area contributed by atoms with E-state index in [-0.39, 0.29) is 11.4 Å². The Kier molecular flexibility index (Phi) is 6.75.